The number of hydrogen-bond donors (Lipinski definition) is 1. The first kappa shape index (κ1) is 17.8. The van der Waals surface area contributed by atoms with E-state index in [1.165, 1.54) is 12.1 Å². The van der Waals surface area contributed by atoms with E-state index in [0.29, 0.717) is 24.4 Å². The maximum atomic E-state index is 12.9. The van der Waals surface area contributed by atoms with Gasteiger partial charge in [0.05, 0.1) is 19.5 Å². The highest BCUT2D eigenvalue weighted by Gasteiger charge is 2.35. The summed E-state index contributed by atoms with van der Waals surface area (Å²) in [6, 6.07) is 9.98. The summed E-state index contributed by atoms with van der Waals surface area (Å²) in [4.78, 5) is 29.0. The Kier molecular flexibility index (Phi) is 5.41. The number of phenolic OH excluding ortho intramolecular Hbond substituents is 1. The van der Waals surface area contributed by atoms with Crippen LogP contribution in [0.5, 0.6) is 5.75 Å². The molecule has 26 heavy (non-hydrogen) atoms. The third-order valence-corrected chi connectivity index (χ3v) is 4.29. The molecule has 2 amide bonds. The van der Waals surface area contributed by atoms with Gasteiger partial charge in [-0.2, -0.15) is 0 Å². The van der Waals surface area contributed by atoms with E-state index in [2.05, 4.69) is 6.92 Å². The molecule has 1 saturated heterocycles. The zero-order valence-electron chi connectivity index (χ0n) is 14.7. The SMILES string of the molecule is CCCCN1CN(Cc2ccco2)C(=O)/C(=C/c2ccc(O)cc2)C1=O. The minimum absolute atomic E-state index is 0.129. The van der Waals surface area contributed by atoms with Crippen molar-refractivity contribution in [1.29, 1.82) is 0 Å². The molecule has 1 aliphatic heterocycles. The first-order valence-corrected chi connectivity index (χ1v) is 8.70. The number of benzene rings is 1. The number of aromatic hydroxyl groups is 1. The van der Waals surface area contributed by atoms with Gasteiger partial charge in [0, 0.05) is 6.54 Å². The van der Waals surface area contributed by atoms with Crippen molar-refractivity contribution < 1.29 is 19.1 Å². The lowest BCUT2D eigenvalue weighted by Gasteiger charge is -2.36. The van der Waals surface area contributed by atoms with Crippen LogP contribution in [0.1, 0.15) is 31.1 Å². The molecule has 2 heterocycles. The zero-order chi connectivity index (χ0) is 18.5. The van der Waals surface area contributed by atoms with Crippen LogP contribution >= 0.6 is 0 Å². The summed E-state index contributed by atoms with van der Waals surface area (Å²) in [6.07, 6.45) is 4.99. The van der Waals surface area contributed by atoms with E-state index in [1.807, 2.05) is 6.07 Å². The molecule has 0 aliphatic carbocycles. The molecule has 1 aromatic heterocycles. The minimum Gasteiger partial charge on any atom is -0.508 e. The number of amides is 2. The molecule has 0 atom stereocenters. The molecule has 2 aromatic rings. The summed E-state index contributed by atoms with van der Waals surface area (Å²) >= 11 is 0. The molecule has 0 radical (unpaired) electrons. The number of nitrogens with zero attached hydrogens (tertiary/aromatic N) is 2. The van der Waals surface area contributed by atoms with Gasteiger partial charge in [-0.25, -0.2) is 0 Å². The lowest BCUT2D eigenvalue weighted by atomic mass is 10.1. The maximum absolute atomic E-state index is 12.9. The molecule has 1 aliphatic rings. The summed E-state index contributed by atoms with van der Waals surface area (Å²) in [5.41, 5.74) is 0.819. The van der Waals surface area contributed by atoms with Crippen LogP contribution in [0.15, 0.2) is 52.7 Å². The maximum Gasteiger partial charge on any atom is 0.261 e. The predicted molar refractivity (Wildman–Crippen MR) is 96.8 cm³/mol. The standard InChI is InChI=1S/C20H22N2O4/c1-2-3-10-21-14-22(13-17-5-4-11-26-17)20(25)18(19(21)24)12-15-6-8-16(23)9-7-15/h4-9,11-12,23H,2-3,10,13-14H2,1H3/b18-12+. The van der Waals surface area contributed by atoms with Gasteiger partial charge < -0.3 is 19.3 Å². The molecule has 1 N–H and O–H groups in total. The molecule has 6 nitrogen and oxygen atoms in total. The summed E-state index contributed by atoms with van der Waals surface area (Å²) in [7, 11) is 0. The number of hydrogen-bond acceptors (Lipinski definition) is 4. The van der Waals surface area contributed by atoms with E-state index in [9.17, 15) is 14.7 Å². The van der Waals surface area contributed by atoms with Crippen molar-refractivity contribution in [2.24, 2.45) is 0 Å². The predicted octanol–water partition coefficient (Wildman–Crippen LogP) is 3.00. The average molecular weight is 354 g/mol. The fraction of sp³-hybridized carbons (Fsp3) is 0.300. The Hall–Kier alpha value is -3.02. The van der Waals surface area contributed by atoms with Crippen LogP contribution in [0.2, 0.25) is 0 Å². The summed E-state index contributed by atoms with van der Waals surface area (Å²) in [5.74, 6) is 0.240. The third-order valence-electron chi connectivity index (χ3n) is 4.29. The molecule has 0 spiro atoms. The summed E-state index contributed by atoms with van der Waals surface area (Å²) in [6.45, 7) is 3.23. The normalized spacial score (nSPS) is 16.6. The number of carbonyl (C=O) groups excluding carboxylic acids is 2. The number of unbranched alkanes of at least 4 members (excludes halogenated alkanes) is 1. The Morgan fingerprint density at radius 1 is 1.12 bits per heavy atom. The van der Waals surface area contributed by atoms with Gasteiger partial charge in [0.15, 0.2) is 0 Å². The van der Waals surface area contributed by atoms with Gasteiger partial charge in [-0.1, -0.05) is 25.5 Å². The van der Waals surface area contributed by atoms with E-state index >= 15 is 0 Å². The number of rotatable bonds is 6. The van der Waals surface area contributed by atoms with Crippen molar-refractivity contribution in [2.75, 3.05) is 13.2 Å². The van der Waals surface area contributed by atoms with Crippen molar-refractivity contribution >= 4 is 17.9 Å². The van der Waals surface area contributed by atoms with E-state index in [1.54, 1.807) is 40.3 Å². The molecular weight excluding hydrogens is 332 g/mol. The lowest BCUT2D eigenvalue weighted by Crippen LogP contribution is -2.52. The highest BCUT2D eigenvalue weighted by atomic mass is 16.3. The fourth-order valence-corrected chi connectivity index (χ4v) is 2.86. The van der Waals surface area contributed by atoms with E-state index in [0.717, 1.165) is 12.8 Å². The Balaban J connectivity index is 1.89. The largest absolute Gasteiger partial charge is 0.508 e. The Labute approximate surface area is 152 Å². The van der Waals surface area contributed by atoms with E-state index < -0.39 is 0 Å². The van der Waals surface area contributed by atoms with Gasteiger partial charge in [0.2, 0.25) is 0 Å². The van der Waals surface area contributed by atoms with Gasteiger partial charge in [-0.3, -0.25) is 9.59 Å². The number of furan rings is 1. The van der Waals surface area contributed by atoms with Gasteiger partial charge in [-0.15, -0.1) is 0 Å². The molecule has 0 saturated carbocycles. The summed E-state index contributed by atoms with van der Waals surface area (Å²) in [5, 5.41) is 9.41. The van der Waals surface area contributed by atoms with E-state index in [-0.39, 0.29) is 29.8 Å². The second-order valence-corrected chi connectivity index (χ2v) is 6.30. The van der Waals surface area contributed by atoms with Gasteiger partial charge in [-0.05, 0) is 42.3 Å². The topological polar surface area (TPSA) is 74.0 Å². The monoisotopic (exact) mass is 354 g/mol. The van der Waals surface area contributed by atoms with Crippen molar-refractivity contribution in [3.63, 3.8) is 0 Å². The molecule has 3 rings (SSSR count). The smallest absolute Gasteiger partial charge is 0.261 e. The van der Waals surface area contributed by atoms with Crippen LogP contribution in [-0.2, 0) is 16.1 Å². The zero-order valence-corrected chi connectivity index (χ0v) is 14.7. The quantitative estimate of drug-likeness (QED) is 0.639. The van der Waals surface area contributed by atoms with Crippen LogP contribution in [0.4, 0.5) is 0 Å². The molecule has 0 bridgehead atoms. The number of phenols is 1. The highest BCUT2D eigenvalue weighted by Crippen LogP contribution is 2.22. The minimum atomic E-state index is -0.313. The van der Waals surface area contributed by atoms with Crippen LogP contribution < -0.4 is 0 Å². The molecule has 1 aromatic carbocycles. The highest BCUT2D eigenvalue weighted by molar-refractivity contribution is 6.22. The second kappa shape index (κ2) is 7.91. The van der Waals surface area contributed by atoms with Gasteiger partial charge >= 0.3 is 0 Å². The average Bonchev–Trinajstić information content (AvgIpc) is 3.15. The van der Waals surface area contributed by atoms with Crippen LogP contribution in [-0.4, -0.2) is 39.9 Å². The molecule has 0 unspecified atom stereocenters. The molecule has 6 heteroatoms. The number of carbonyl (C=O) groups is 2. The van der Waals surface area contributed by atoms with Crippen LogP contribution in [0, 0.1) is 0 Å². The van der Waals surface area contributed by atoms with Crippen LogP contribution in [0.25, 0.3) is 6.08 Å². The van der Waals surface area contributed by atoms with Crippen molar-refractivity contribution in [1.82, 2.24) is 9.80 Å². The van der Waals surface area contributed by atoms with E-state index in [4.69, 9.17) is 4.42 Å². The first-order valence-electron chi connectivity index (χ1n) is 8.70. The van der Waals surface area contributed by atoms with Gasteiger partial charge in [0.1, 0.15) is 17.1 Å². The van der Waals surface area contributed by atoms with Crippen molar-refractivity contribution in [3.05, 3.63) is 59.6 Å². The third kappa shape index (κ3) is 3.96. The molecule has 1 fully saturated rings. The Morgan fingerprint density at radius 3 is 2.50 bits per heavy atom. The molecular formula is C20H22N2O4. The molecule has 136 valence electrons. The second-order valence-electron chi connectivity index (χ2n) is 6.30. The van der Waals surface area contributed by atoms with Crippen LogP contribution in [0.3, 0.4) is 0 Å². The van der Waals surface area contributed by atoms with Gasteiger partial charge in [0.25, 0.3) is 11.8 Å². The summed E-state index contributed by atoms with van der Waals surface area (Å²) < 4.78 is 5.35. The first-order chi connectivity index (χ1) is 12.6. The van der Waals surface area contributed by atoms with Crippen molar-refractivity contribution in [2.45, 2.75) is 26.3 Å². The lowest BCUT2D eigenvalue weighted by molar-refractivity contribution is -0.144. The van der Waals surface area contributed by atoms with Crippen molar-refractivity contribution in [3.8, 4) is 5.75 Å². The Bertz CT molecular complexity index is 794. The Morgan fingerprint density at radius 2 is 1.85 bits per heavy atom. The fourth-order valence-electron chi connectivity index (χ4n) is 2.86.